The largest absolute Gasteiger partial charge is 0.497 e. The standard InChI is InChI=1S/C10H11BrO2/c1-13-10-4-2-8(3-5-10)6-9(12)7-11/h2-5H,6-7H2,1H3. The third-order valence-corrected chi connectivity index (χ3v) is 2.33. The van der Waals surface area contributed by atoms with Crippen LogP contribution in [-0.4, -0.2) is 18.2 Å². The molecule has 0 aliphatic heterocycles. The van der Waals surface area contributed by atoms with Gasteiger partial charge in [0, 0.05) is 6.42 Å². The third kappa shape index (κ3) is 3.19. The van der Waals surface area contributed by atoms with E-state index in [-0.39, 0.29) is 5.78 Å². The van der Waals surface area contributed by atoms with Crippen molar-refractivity contribution in [2.24, 2.45) is 0 Å². The van der Waals surface area contributed by atoms with E-state index in [0.29, 0.717) is 11.8 Å². The topological polar surface area (TPSA) is 26.3 Å². The van der Waals surface area contributed by atoms with Crippen molar-refractivity contribution >= 4 is 21.7 Å². The number of halogens is 1. The molecule has 0 heterocycles. The molecule has 3 heteroatoms. The second kappa shape index (κ2) is 5.02. The molecule has 0 atom stereocenters. The Hall–Kier alpha value is -0.830. The molecule has 0 amide bonds. The molecule has 0 radical (unpaired) electrons. The number of benzene rings is 1. The van der Waals surface area contributed by atoms with Crippen molar-refractivity contribution < 1.29 is 9.53 Å². The van der Waals surface area contributed by atoms with Crippen LogP contribution in [0.1, 0.15) is 5.56 Å². The van der Waals surface area contributed by atoms with E-state index in [0.717, 1.165) is 11.3 Å². The first-order chi connectivity index (χ1) is 6.26. The number of methoxy groups -OCH3 is 1. The molecular formula is C10H11BrO2. The summed E-state index contributed by atoms with van der Waals surface area (Å²) in [5.41, 5.74) is 1.02. The molecule has 1 aromatic rings. The second-order valence-electron chi connectivity index (χ2n) is 2.70. The van der Waals surface area contributed by atoms with E-state index in [4.69, 9.17) is 4.74 Å². The average molecular weight is 243 g/mol. The molecule has 13 heavy (non-hydrogen) atoms. The molecule has 0 aromatic heterocycles. The fourth-order valence-corrected chi connectivity index (χ4v) is 1.22. The Labute approximate surface area is 86.0 Å². The van der Waals surface area contributed by atoms with Crippen LogP contribution < -0.4 is 4.74 Å². The first kappa shape index (κ1) is 10.3. The zero-order valence-electron chi connectivity index (χ0n) is 7.42. The average Bonchev–Trinajstić information content (AvgIpc) is 2.19. The number of Topliss-reactive ketones (excluding diaryl/α,β-unsaturated/α-hetero) is 1. The maximum atomic E-state index is 11.1. The van der Waals surface area contributed by atoms with Crippen molar-refractivity contribution in [3.63, 3.8) is 0 Å². The molecule has 1 rings (SSSR count). The smallest absolute Gasteiger partial charge is 0.147 e. The van der Waals surface area contributed by atoms with E-state index >= 15 is 0 Å². The Morgan fingerprint density at radius 3 is 2.46 bits per heavy atom. The maximum Gasteiger partial charge on any atom is 0.147 e. The predicted octanol–water partition coefficient (Wildman–Crippen LogP) is 2.20. The maximum absolute atomic E-state index is 11.1. The summed E-state index contributed by atoms with van der Waals surface area (Å²) >= 11 is 3.13. The summed E-state index contributed by atoms with van der Waals surface area (Å²) in [6.45, 7) is 0. The molecule has 0 N–H and O–H groups in total. The molecule has 1 aromatic carbocycles. The molecule has 0 aliphatic carbocycles. The number of carbonyl (C=O) groups excluding carboxylic acids is 1. The van der Waals surface area contributed by atoms with Gasteiger partial charge in [-0.05, 0) is 17.7 Å². The zero-order chi connectivity index (χ0) is 9.68. The van der Waals surface area contributed by atoms with Crippen LogP contribution in [0.2, 0.25) is 0 Å². The predicted molar refractivity (Wildman–Crippen MR) is 55.5 cm³/mol. The normalized spacial score (nSPS) is 9.69. The van der Waals surface area contributed by atoms with Gasteiger partial charge in [-0.15, -0.1) is 0 Å². The van der Waals surface area contributed by atoms with Crippen molar-refractivity contribution in [2.45, 2.75) is 6.42 Å². The lowest BCUT2D eigenvalue weighted by Gasteiger charge is -2.01. The van der Waals surface area contributed by atoms with E-state index < -0.39 is 0 Å². The summed E-state index contributed by atoms with van der Waals surface area (Å²) in [6, 6.07) is 7.52. The number of ether oxygens (including phenoxy) is 1. The molecule has 0 unspecified atom stereocenters. The highest BCUT2D eigenvalue weighted by Crippen LogP contribution is 2.11. The summed E-state index contributed by atoms with van der Waals surface area (Å²) in [4.78, 5) is 11.1. The minimum absolute atomic E-state index is 0.185. The Balaban J connectivity index is 2.64. The van der Waals surface area contributed by atoms with Crippen LogP contribution in [0.4, 0.5) is 0 Å². The van der Waals surface area contributed by atoms with Crippen LogP contribution in [0.15, 0.2) is 24.3 Å². The molecule has 2 nitrogen and oxygen atoms in total. The lowest BCUT2D eigenvalue weighted by molar-refractivity contribution is -0.115. The van der Waals surface area contributed by atoms with E-state index in [1.54, 1.807) is 7.11 Å². The molecular weight excluding hydrogens is 232 g/mol. The number of hydrogen-bond acceptors (Lipinski definition) is 2. The molecule has 0 saturated carbocycles. The highest BCUT2D eigenvalue weighted by atomic mass is 79.9. The first-order valence-electron chi connectivity index (χ1n) is 3.97. The lowest BCUT2D eigenvalue weighted by atomic mass is 10.1. The Bertz CT molecular complexity index is 279. The quantitative estimate of drug-likeness (QED) is 0.758. The molecule has 70 valence electrons. The lowest BCUT2D eigenvalue weighted by Crippen LogP contribution is -2.02. The number of hydrogen-bond donors (Lipinski definition) is 0. The van der Waals surface area contributed by atoms with Crippen molar-refractivity contribution in [1.82, 2.24) is 0 Å². The van der Waals surface area contributed by atoms with E-state index in [1.165, 1.54) is 0 Å². The van der Waals surface area contributed by atoms with Gasteiger partial charge in [0.05, 0.1) is 12.4 Å². The summed E-state index contributed by atoms with van der Waals surface area (Å²) in [5.74, 6) is 1.00. The Kier molecular flexibility index (Phi) is 3.96. The molecule has 0 aliphatic rings. The summed E-state index contributed by atoms with van der Waals surface area (Å²) in [7, 11) is 1.62. The van der Waals surface area contributed by atoms with Gasteiger partial charge >= 0.3 is 0 Å². The number of alkyl halides is 1. The Morgan fingerprint density at radius 2 is 2.00 bits per heavy atom. The Morgan fingerprint density at radius 1 is 1.38 bits per heavy atom. The third-order valence-electron chi connectivity index (χ3n) is 1.71. The van der Waals surface area contributed by atoms with Crippen LogP contribution in [0.3, 0.4) is 0 Å². The van der Waals surface area contributed by atoms with Crippen LogP contribution in [0.25, 0.3) is 0 Å². The van der Waals surface area contributed by atoms with Gasteiger partial charge in [-0.25, -0.2) is 0 Å². The van der Waals surface area contributed by atoms with E-state index in [9.17, 15) is 4.79 Å². The van der Waals surface area contributed by atoms with Crippen molar-refractivity contribution in [3.8, 4) is 5.75 Å². The summed E-state index contributed by atoms with van der Waals surface area (Å²) in [6.07, 6.45) is 0.481. The van der Waals surface area contributed by atoms with Gasteiger partial charge in [0.15, 0.2) is 0 Å². The van der Waals surface area contributed by atoms with Crippen LogP contribution in [-0.2, 0) is 11.2 Å². The van der Waals surface area contributed by atoms with Crippen LogP contribution in [0.5, 0.6) is 5.75 Å². The zero-order valence-corrected chi connectivity index (χ0v) is 9.00. The fourth-order valence-electron chi connectivity index (χ4n) is 1.02. The molecule has 0 fully saturated rings. The van der Waals surface area contributed by atoms with Crippen molar-refractivity contribution in [2.75, 3.05) is 12.4 Å². The van der Waals surface area contributed by atoms with Gasteiger partial charge in [0.25, 0.3) is 0 Å². The van der Waals surface area contributed by atoms with Gasteiger partial charge in [-0.2, -0.15) is 0 Å². The first-order valence-corrected chi connectivity index (χ1v) is 5.09. The van der Waals surface area contributed by atoms with Crippen LogP contribution in [0, 0.1) is 0 Å². The highest BCUT2D eigenvalue weighted by molar-refractivity contribution is 9.09. The number of carbonyl (C=O) groups is 1. The minimum atomic E-state index is 0.185. The van der Waals surface area contributed by atoms with E-state index in [2.05, 4.69) is 15.9 Å². The minimum Gasteiger partial charge on any atom is -0.497 e. The van der Waals surface area contributed by atoms with Crippen molar-refractivity contribution in [3.05, 3.63) is 29.8 Å². The van der Waals surface area contributed by atoms with Crippen molar-refractivity contribution in [1.29, 1.82) is 0 Å². The van der Waals surface area contributed by atoms with Crippen LogP contribution >= 0.6 is 15.9 Å². The van der Waals surface area contributed by atoms with Gasteiger partial charge in [0.1, 0.15) is 11.5 Å². The second-order valence-corrected chi connectivity index (χ2v) is 3.26. The van der Waals surface area contributed by atoms with Gasteiger partial charge in [-0.1, -0.05) is 28.1 Å². The summed E-state index contributed by atoms with van der Waals surface area (Å²) in [5, 5.41) is 0.416. The monoisotopic (exact) mass is 242 g/mol. The van der Waals surface area contributed by atoms with Gasteiger partial charge < -0.3 is 4.74 Å². The number of ketones is 1. The van der Waals surface area contributed by atoms with Gasteiger partial charge in [-0.3, -0.25) is 4.79 Å². The molecule has 0 saturated heterocycles. The molecule has 0 bridgehead atoms. The molecule has 0 spiro atoms. The summed E-state index contributed by atoms with van der Waals surface area (Å²) < 4.78 is 5.01. The SMILES string of the molecule is COc1ccc(CC(=O)CBr)cc1. The fraction of sp³-hybridized carbons (Fsp3) is 0.300. The van der Waals surface area contributed by atoms with E-state index in [1.807, 2.05) is 24.3 Å². The highest BCUT2D eigenvalue weighted by Gasteiger charge is 2.01. The van der Waals surface area contributed by atoms with Gasteiger partial charge in [0.2, 0.25) is 0 Å². The number of rotatable bonds is 4.